The summed E-state index contributed by atoms with van der Waals surface area (Å²) in [5, 5.41) is 9.08. The molecule has 4 nitrogen and oxygen atoms in total. The molecule has 0 aromatic rings. The Labute approximate surface area is 123 Å². The first-order chi connectivity index (χ1) is 9.67. The minimum atomic E-state index is -0.605. The van der Waals surface area contributed by atoms with Crippen LogP contribution in [0.3, 0.4) is 0 Å². The van der Waals surface area contributed by atoms with Gasteiger partial charge in [0.15, 0.2) is 0 Å². The lowest BCUT2D eigenvalue weighted by molar-refractivity contribution is 0.0960. The summed E-state index contributed by atoms with van der Waals surface area (Å²) in [5.74, 6) is 0. The first-order valence-electron chi connectivity index (χ1n) is 8.33. The molecule has 1 unspecified atom stereocenters. The Morgan fingerprint density at radius 2 is 1.85 bits per heavy atom. The van der Waals surface area contributed by atoms with Gasteiger partial charge in [-0.3, -0.25) is 4.90 Å². The lowest BCUT2D eigenvalue weighted by atomic mass is 9.93. The van der Waals surface area contributed by atoms with Crippen LogP contribution in [0, 0.1) is 11.3 Å². The summed E-state index contributed by atoms with van der Waals surface area (Å²) < 4.78 is 0. The normalized spacial score (nSPS) is 25.4. The summed E-state index contributed by atoms with van der Waals surface area (Å²) in [5.41, 5.74) is 5.42. The molecular weight excluding hydrogens is 248 g/mol. The van der Waals surface area contributed by atoms with Crippen LogP contribution in [0.5, 0.6) is 0 Å². The summed E-state index contributed by atoms with van der Waals surface area (Å²) in [6.45, 7) is 7.93. The van der Waals surface area contributed by atoms with Crippen molar-refractivity contribution < 1.29 is 0 Å². The van der Waals surface area contributed by atoms with Gasteiger partial charge >= 0.3 is 0 Å². The van der Waals surface area contributed by atoms with Crippen molar-refractivity contribution in [3.05, 3.63) is 0 Å². The van der Waals surface area contributed by atoms with E-state index in [1.54, 1.807) is 0 Å². The van der Waals surface area contributed by atoms with Crippen molar-refractivity contribution in [3.8, 4) is 6.07 Å². The third-order valence-corrected chi connectivity index (χ3v) is 5.20. The molecule has 1 aliphatic heterocycles. The number of piperazine rings is 1. The molecule has 1 saturated heterocycles. The van der Waals surface area contributed by atoms with Gasteiger partial charge in [0, 0.05) is 32.2 Å². The lowest BCUT2D eigenvalue weighted by Crippen LogP contribution is -2.50. The van der Waals surface area contributed by atoms with E-state index in [4.69, 9.17) is 11.0 Å². The Hall–Kier alpha value is -0.630. The Morgan fingerprint density at radius 3 is 2.40 bits per heavy atom. The topological polar surface area (TPSA) is 56.3 Å². The Morgan fingerprint density at radius 1 is 1.20 bits per heavy atom. The SMILES string of the molecule is CCC(N)(C#N)CCCN1CCN(C2CCCC2)CC1. The highest BCUT2D eigenvalue weighted by Gasteiger charge is 2.26. The smallest absolute Gasteiger partial charge is 0.104 e. The van der Waals surface area contributed by atoms with Gasteiger partial charge in [-0.15, -0.1) is 0 Å². The minimum absolute atomic E-state index is 0.605. The fourth-order valence-corrected chi connectivity index (χ4v) is 3.55. The Bertz CT molecular complexity index is 324. The second-order valence-corrected chi connectivity index (χ2v) is 6.54. The molecule has 0 aromatic carbocycles. The van der Waals surface area contributed by atoms with Crippen LogP contribution < -0.4 is 5.73 Å². The van der Waals surface area contributed by atoms with Crippen molar-refractivity contribution in [3.63, 3.8) is 0 Å². The first-order valence-corrected chi connectivity index (χ1v) is 8.33. The van der Waals surface area contributed by atoms with Crippen LogP contribution in [0.1, 0.15) is 51.9 Å². The fraction of sp³-hybridized carbons (Fsp3) is 0.938. The molecule has 0 aromatic heterocycles. The Kier molecular flexibility index (Phi) is 5.83. The molecule has 1 aliphatic carbocycles. The average Bonchev–Trinajstić information content (AvgIpc) is 3.02. The van der Waals surface area contributed by atoms with E-state index in [1.807, 2.05) is 6.92 Å². The molecule has 1 heterocycles. The maximum Gasteiger partial charge on any atom is 0.104 e. The number of rotatable bonds is 6. The van der Waals surface area contributed by atoms with Gasteiger partial charge in [0.2, 0.25) is 0 Å². The highest BCUT2D eigenvalue weighted by molar-refractivity contribution is 5.03. The van der Waals surface area contributed by atoms with Crippen LogP contribution in [-0.2, 0) is 0 Å². The zero-order valence-corrected chi connectivity index (χ0v) is 13.0. The quantitative estimate of drug-likeness (QED) is 0.807. The van der Waals surface area contributed by atoms with E-state index in [9.17, 15) is 0 Å². The summed E-state index contributed by atoms with van der Waals surface area (Å²) in [6, 6.07) is 3.13. The second-order valence-electron chi connectivity index (χ2n) is 6.54. The second kappa shape index (κ2) is 7.40. The van der Waals surface area contributed by atoms with Crippen molar-refractivity contribution >= 4 is 0 Å². The minimum Gasteiger partial charge on any atom is -0.313 e. The average molecular weight is 278 g/mol. The molecular formula is C16H30N4. The molecule has 0 amide bonds. The van der Waals surface area contributed by atoms with E-state index < -0.39 is 5.54 Å². The van der Waals surface area contributed by atoms with Crippen molar-refractivity contribution in [2.24, 2.45) is 5.73 Å². The van der Waals surface area contributed by atoms with Gasteiger partial charge in [0.25, 0.3) is 0 Å². The molecule has 4 heteroatoms. The highest BCUT2D eigenvalue weighted by Crippen LogP contribution is 2.24. The van der Waals surface area contributed by atoms with E-state index >= 15 is 0 Å². The van der Waals surface area contributed by atoms with Crippen molar-refractivity contribution in [2.45, 2.75) is 63.5 Å². The number of hydrogen-bond acceptors (Lipinski definition) is 4. The van der Waals surface area contributed by atoms with Gasteiger partial charge < -0.3 is 10.6 Å². The fourth-order valence-electron chi connectivity index (χ4n) is 3.55. The van der Waals surface area contributed by atoms with Crippen LogP contribution in [-0.4, -0.2) is 54.1 Å². The molecule has 20 heavy (non-hydrogen) atoms. The van der Waals surface area contributed by atoms with Crippen LogP contribution in [0.25, 0.3) is 0 Å². The van der Waals surface area contributed by atoms with Gasteiger partial charge in [0.1, 0.15) is 5.54 Å². The molecule has 1 saturated carbocycles. The van der Waals surface area contributed by atoms with Gasteiger partial charge in [-0.2, -0.15) is 5.26 Å². The van der Waals surface area contributed by atoms with Crippen molar-refractivity contribution in [1.82, 2.24) is 9.80 Å². The van der Waals surface area contributed by atoms with Gasteiger partial charge in [-0.05, 0) is 38.6 Å². The number of nitrogens with zero attached hydrogens (tertiary/aromatic N) is 3. The van der Waals surface area contributed by atoms with E-state index in [2.05, 4.69) is 15.9 Å². The third-order valence-electron chi connectivity index (χ3n) is 5.20. The van der Waals surface area contributed by atoms with Crippen LogP contribution in [0.15, 0.2) is 0 Å². The van der Waals surface area contributed by atoms with E-state index in [0.29, 0.717) is 0 Å². The highest BCUT2D eigenvalue weighted by atomic mass is 15.3. The van der Waals surface area contributed by atoms with Gasteiger partial charge in [-0.25, -0.2) is 0 Å². The molecule has 2 rings (SSSR count). The number of hydrogen-bond donors (Lipinski definition) is 1. The molecule has 0 radical (unpaired) electrons. The van der Waals surface area contributed by atoms with Gasteiger partial charge in [-0.1, -0.05) is 19.8 Å². The van der Waals surface area contributed by atoms with E-state index in [1.165, 1.54) is 51.9 Å². The molecule has 2 aliphatic rings. The number of nitriles is 1. The largest absolute Gasteiger partial charge is 0.313 e. The summed E-state index contributed by atoms with van der Waals surface area (Å²) in [6.07, 6.45) is 8.29. The summed E-state index contributed by atoms with van der Waals surface area (Å²) in [7, 11) is 0. The predicted octanol–water partition coefficient (Wildman–Crippen LogP) is 1.96. The predicted molar refractivity (Wildman–Crippen MR) is 82.3 cm³/mol. The number of nitrogens with two attached hydrogens (primary N) is 1. The van der Waals surface area contributed by atoms with Crippen molar-refractivity contribution in [2.75, 3.05) is 32.7 Å². The molecule has 0 bridgehead atoms. The monoisotopic (exact) mass is 278 g/mol. The molecule has 2 fully saturated rings. The first kappa shape index (κ1) is 15.8. The maximum atomic E-state index is 9.08. The molecule has 1 atom stereocenters. The van der Waals surface area contributed by atoms with E-state index in [-0.39, 0.29) is 0 Å². The standard InChI is InChI=1S/C16H30N4/c1-2-16(18,14-17)8-5-9-19-10-12-20(13-11-19)15-6-3-4-7-15/h15H,2-13,18H2,1H3. The zero-order valence-electron chi connectivity index (χ0n) is 13.0. The summed E-state index contributed by atoms with van der Waals surface area (Å²) in [4.78, 5) is 5.23. The zero-order chi connectivity index (χ0) is 14.4. The summed E-state index contributed by atoms with van der Waals surface area (Å²) >= 11 is 0. The van der Waals surface area contributed by atoms with Crippen LogP contribution >= 0.6 is 0 Å². The third kappa shape index (κ3) is 4.18. The molecule has 0 spiro atoms. The van der Waals surface area contributed by atoms with Crippen LogP contribution in [0.4, 0.5) is 0 Å². The Balaban J connectivity index is 1.63. The van der Waals surface area contributed by atoms with Crippen LogP contribution in [0.2, 0.25) is 0 Å². The van der Waals surface area contributed by atoms with Crippen molar-refractivity contribution in [1.29, 1.82) is 5.26 Å². The van der Waals surface area contributed by atoms with E-state index in [0.717, 1.165) is 31.8 Å². The molecule has 114 valence electrons. The molecule has 2 N–H and O–H groups in total. The maximum absolute atomic E-state index is 9.08. The lowest BCUT2D eigenvalue weighted by Gasteiger charge is -2.38. The van der Waals surface area contributed by atoms with Gasteiger partial charge in [0.05, 0.1) is 6.07 Å².